The molecule has 0 amide bonds. The molecule has 3 saturated heterocycles. The summed E-state index contributed by atoms with van der Waals surface area (Å²) >= 11 is 0. The second-order valence-corrected chi connectivity index (χ2v) is 34.4. The van der Waals surface area contributed by atoms with E-state index in [9.17, 15) is 14.4 Å². The lowest BCUT2D eigenvalue weighted by Gasteiger charge is -2.34. The van der Waals surface area contributed by atoms with Crippen molar-refractivity contribution in [3.8, 4) is 0 Å². The van der Waals surface area contributed by atoms with Crippen molar-refractivity contribution >= 4 is 35.0 Å². The van der Waals surface area contributed by atoms with Gasteiger partial charge in [0.2, 0.25) is 0 Å². The van der Waals surface area contributed by atoms with Crippen LogP contribution in [0.1, 0.15) is 416 Å². The lowest BCUT2D eigenvalue weighted by molar-refractivity contribution is 0.0494. The zero-order valence-corrected chi connectivity index (χ0v) is 69.6. The summed E-state index contributed by atoms with van der Waals surface area (Å²) in [5.74, 6) is -1.55. The Balaban J connectivity index is 0.670. The largest absolute Gasteiger partial charge is 0.462 e. The van der Waals surface area contributed by atoms with Crippen molar-refractivity contribution in [1.82, 2.24) is 13.4 Å². The number of para-hydroxylation sites is 3. The molecule has 3 aliphatic heterocycles. The number of ether oxygens (including phenoxy) is 3. The number of carbonyl (C=O) groups excluding carboxylic acids is 3. The maximum Gasteiger partial charge on any atom is 0.338 e. The van der Waals surface area contributed by atoms with E-state index in [1.807, 2.05) is 0 Å². The Morgan fingerprint density at radius 3 is 0.519 bits per heavy atom. The van der Waals surface area contributed by atoms with Gasteiger partial charge in [0.1, 0.15) is 17.1 Å². The van der Waals surface area contributed by atoms with Crippen LogP contribution in [0.2, 0.25) is 0 Å². The fourth-order valence-electron chi connectivity index (χ4n) is 18.6. The second-order valence-electron chi connectivity index (χ2n) is 34.4. The van der Waals surface area contributed by atoms with Crippen molar-refractivity contribution in [3.05, 3.63) is 126 Å². The summed E-state index contributed by atoms with van der Waals surface area (Å²) in [7, 11) is 0. The first-order chi connectivity index (χ1) is 53.4. The molecule has 3 fully saturated rings. The van der Waals surface area contributed by atoms with Crippen molar-refractivity contribution < 1.29 is 28.6 Å². The van der Waals surface area contributed by atoms with Crippen molar-refractivity contribution in [3.63, 3.8) is 0 Å². The van der Waals surface area contributed by atoms with E-state index in [4.69, 9.17) is 14.2 Å². The minimum absolute atomic E-state index is 0.194. The Hall–Kier alpha value is -4.83. The van der Waals surface area contributed by atoms with Crippen LogP contribution in [0.25, 0.3) is 0 Å². The van der Waals surface area contributed by atoms with E-state index >= 15 is 0 Å². The number of unbranched alkanes of at least 4 members (excludes halogenated alkanes) is 51. The molecule has 0 bridgehead atoms. The monoisotopic (exact) mass is 1490 g/mol. The lowest BCUT2D eigenvalue weighted by atomic mass is 10.0. The molecule has 9 heteroatoms. The number of esters is 3. The standard InChI is InChI=1S/C99H162N3O6/c103-97(106-85-67-46-40-34-28-22-16-10-4-1-7-13-19-25-31-37-43-58-76-100(79-61-62-80-100)94-70-52-49-53-71-94)91-88-92(98(104)107-86-68-47-41-35-29-23-17-11-5-2-8-14-20-26-32-38-44-59-77-101(81-63-64-82-101)95-72-54-50-55-73-95)90-93(89-91)99(105)108-87-69-48-42-36-30-24-18-12-6-3-9-15-21-27-33-39-45-60-78-102(83-65-66-84-102)96-74-56-51-57-75-96/h49-57,70-75,88-90H,1-48,58-69,76-87H2/q+3. The van der Waals surface area contributed by atoms with Crippen LogP contribution in [0.5, 0.6) is 0 Å². The molecular formula is C99H162N3O6+3. The first kappa shape index (κ1) is 90.4. The summed E-state index contributed by atoms with van der Waals surface area (Å²) in [6, 6.07) is 38.5. The highest BCUT2D eigenvalue weighted by atomic mass is 16.5. The van der Waals surface area contributed by atoms with Gasteiger partial charge in [-0.05, 0) is 112 Å². The minimum Gasteiger partial charge on any atom is -0.462 e. The van der Waals surface area contributed by atoms with Crippen LogP contribution in [0.3, 0.4) is 0 Å². The van der Waals surface area contributed by atoms with Gasteiger partial charge in [0.15, 0.2) is 0 Å². The number of nitrogens with zero attached hydrogens (tertiary/aromatic N) is 3. The van der Waals surface area contributed by atoms with Gasteiger partial charge in [-0.1, -0.05) is 344 Å². The molecule has 0 saturated carbocycles. The summed E-state index contributed by atoms with van der Waals surface area (Å²) < 4.78 is 21.0. The fraction of sp³-hybridized carbons (Fsp3) is 0.727. The third-order valence-electron chi connectivity index (χ3n) is 25.5. The molecule has 3 aliphatic rings. The normalized spacial score (nSPS) is 15.1. The van der Waals surface area contributed by atoms with Crippen LogP contribution < -0.4 is 13.4 Å². The third kappa shape index (κ3) is 38.1. The minimum atomic E-state index is -0.516. The van der Waals surface area contributed by atoms with Crippen LogP contribution in [0, 0.1) is 0 Å². The third-order valence-corrected chi connectivity index (χ3v) is 25.5. The highest BCUT2D eigenvalue weighted by Gasteiger charge is 2.36. The van der Waals surface area contributed by atoms with Gasteiger partial charge in [0.05, 0.1) is 95.4 Å². The van der Waals surface area contributed by atoms with Gasteiger partial charge in [-0.25, -0.2) is 14.4 Å². The van der Waals surface area contributed by atoms with Crippen molar-refractivity contribution in [2.45, 2.75) is 385 Å². The number of quaternary nitrogens is 3. The van der Waals surface area contributed by atoms with E-state index in [0.717, 1.165) is 57.8 Å². The molecular weight excluding hydrogens is 1330 g/mol. The first-order valence-corrected chi connectivity index (χ1v) is 46.8. The average molecular weight is 1490 g/mol. The molecule has 7 rings (SSSR count). The Bertz CT molecular complexity index is 2510. The van der Waals surface area contributed by atoms with Gasteiger partial charge >= 0.3 is 17.9 Å². The van der Waals surface area contributed by atoms with Crippen molar-refractivity contribution in [2.24, 2.45) is 0 Å². The van der Waals surface area contributed by atoms with Gasteiger partial charge in [0.25, 0.3) is 0 Å². The average Bonchev–Trinajstić information content (AvgIpc) is 1.67. The molecule has 0 aromatic heterocycles. The predicted octanol–water partition coefficient (Wildman–Crippen LogP) is 28.6. The number of hydrogen-bond donors (Lipinski definition) is 0. The summed E-state index contributed by atoms with van der Waals surface area (Å²) in [5.41, 5.74) is 5.19. The van der Waals surface area contributed by atoms with Gasteiger partial charge < -0.3 is 14.2 Å². The molecule has 0 aliphatic carbocycles. The molecule has 0 radical (unpaired) electrons. The number of rotatable bonds is 69. The number of likely N-dealkylation sites (tertiary alicyclic amines) is 3. The van der Waals surface area contributed by atoms with Crippen LogP contribution in [0.4, 0.5) is 17.1 Å². The molecule has 9 nitrogen and oxygen atoms in total. The fourth-order valence-corrected chi connectivity index (χ4v) is 18.6. The molecule has 0 unspecified atom stereocenters. The second kappa shape index (κ2) is 59.0. The molecule has 4 aromatic rings. The number of hydrogen-bond acceptors (Lipinski definition) is 6. The van der Waals surface area contributed by atoms with Crippen molar-refractivity contribution in [1.29, 1.82) is 0 Å². The highest BCUT2D eigenvalue weighted by Crippen LogP contribution is 2.34. The topological polar surface area (TPSA) is 78.9 Å². The zero-order chi connectivity index (χ0) is 75.5. The van der Waals surface area contributed by atoms with E-state index in [2.05, 4.69) is 91.0 Å². The molecule has 4 aromatic carbocycles. The van der Waals surface area contributed by atoms with E-state index in [1.165, 1.54) is 435 Å². The van der Waals surface area contributed by atoms with E-state index in [1.54, 1.807) is 0 Å². The van der Waals surface area contributed by atoms with Gasteiger partial charge in [0, 0.05) is 38.5 Å². The lowest BCUT2D eigenvalue weighted by Crippen LogP contribution is -2.47. The van der Waals surface area contributed by atoms with E-state index < -0.39 is 17.9 Å². The van der Waals surface area contributed by atoms with Crippen molar-refractivity contribution in [2.75, 3.05) is 78.7 Å². The van der Waals surface area contributed by atoms with Crippen LogP contribution >= 0.6 is 0 Å². The van der Waals surface area contributed by atoms with Gasteiger partial charge in [-0.2, -0.15) is 0 Å². The molecule has 0 N–H and O–H groups in total. The summed E-state index contributed by atoms with van der Waals surface area (Å²) in [6.07, 6.45) is 78.3. The highest BCUT2D eigenvalue weighted by molar-refractivity contribution is 6.00. The summed E-state index contributed by atoms with van der Waals surface area (Å²) in [4.78, 5) is 40.7. The Morgan fingerprint density at radius 2 is 0.352 bits per heavy atom. The van der Waals surface area contributed by atoms with E-state index in [0.29, 0.717) is 19.8 Å². The quantitative estimate of drug-likeness (QED) is 0.0190. The zero-order valence-electron chi connectivity index (χ0n) is 69.6. The maximum atomic E-state index is 13.6. The smallest absolute Gasteiger partial charge is 0.338 e. The molecule has 606 valence electrons. The van der Waals surface area contributed by atoms with E-state index in [-0.39, 0.29) is 16.7 Å². The molecule has 0 atom stereocenters. The molecule has 108 heavy (non-hydrogen) atoms. The SMILES string of the molecule is O=C(OCCCCCCCCCCCCCCCCCCCC[N+]1(c2ccccc2)CCCC1)c1cc(C(=O)OCCCCCCCCCCCCCCCCCCCC[N+]2(c3ccccc3)CCCC2)cc(C(=O)OCCCCCCCCCCCCCCCCCCCC[N+]2(c3ccccc3)CCCC2)c1. The maximum absolute atomic E-state index is 13.6. The van der Waals surface area contributed by atoms with Crippen LogP contribution in [0.15, 0.2) is 109 Å². The Labute approximate surface area is 663 Å². The van der Waals surface area contributed by atoms with Crippen LogP contribution in [-0.4, -0.2) is 96.6 Å². The Morgan fingerprint density at radius 1 is 0.204 bits per heavy atom. The summed E-state index contributed by atoms with van der Waals surface area (Å²) in [5, 5.41) is 0. The Kier molecular flexibility index (Phi) is 49.3. The van der Waals surface area contributed by atoms with Gasteiger partial charge in [-0.15, -0.1) is 0 Å². The van der Waals surface area contributed by atoms with Crippen LogP contribution in [-0.2, 0) is 14.2 Å². The molecule has 3 heterocycles. The molecule has 0 spiro atoms. The number of carbonyl (C=O) groups is 3. The predicted molar refractivity (Wildman–Crippen MR) is 463 cm³/mol. The number of benzene rings is 4. The first-order valence-electron chi connectivity index (χ1n) is 46.8. The van der Waals surface area contributed by atoms with Gasteiger partial charge in [-0.3, -0.25) is 13.4 Å². The summed E-state index contributed by atoms with van der Waals surface area (Å²) in [6.45, 7) is 12.9.